The first kappa shape index (κ1) is 16.1. The van der Waals surface area contributed by atoms with Gasteiger partial charge in [-0.15, -0.1) is 0 Å². The number of benzene rings is 1. The van der Waals surface area contributed by atoms with Crippen LogP contribution in [0.25, 0.3) is 0 Å². The smallest absolute Gasteiger partial charge is 0.242 e. The quantitative estimate of drug-likeness (QED) is 0.920. The molecule has 0 aliphatic carbocycles. The Morgan fingerprint density at radius 1 is 1.35 bits per heavy atom. The maximum atomic E-state index is 12.1. The second-order valence-electron chi connectivity index (χ2n) is 5.66. The summed E-state index contributed by atoms with van der Waals surface area (Å²) in [7, 11) is 0. The standard InChI is InChI=1S/C16H18Cl2N4O/c17-12-8-19-22(9-12)11-16(23)20-13-4-3-7-21(10-13)15-6-2-1-5-14(15)18/h1-2,5-6,8-9,13H,3-4,7,10-11H2,(H,20,23). The summed E-state index contributed by atoms with van der Waals surface area (Å²) in [6.45, 7) is 1.88. The van der Waals surface area contributed by atoms with Crippen LogP contribution in [0.15, 0.2) is 36.7 Å². The van der Waals surface area contributed by atoms with Gasteiger partial charge >= 0.3 is 0 Å². The third kappa shape index (κ3) is 4.18. The van der Waals surface area contributed by atoms with Crippen LogP contribution >= 0.6 is 23.2 Å². The van der Waals surface area contributed by atoms with Crippen molar-refractivity contribution in [3.05, 3.63) is 46.7 Å². The predicted octanol–water partition coefficient (Wildman–Crippen LogP) is 2.98. The number of amides is 1. The van der Waals surface area contributed by atoms with Gasteiger partial charge in [0.05, 0.1) is 21.9 Å². The van der Waals surface area contributed by atoms with Crippen LogP contribution in [0.3, 0.4) is 0 Å². The highest BCUT2D eigenvalue weighted by molar-refractivity contribution is 6.33. The molecule has 0 saturated carbocycles. The van der Waals surface area contributed by atoms with E-state index in [1.807, 2.05) is 24.3 Å². The monoisotopic (exact) mass is 352 g/mol. The van der Waals surface area contributed by atoms with E-state index >= 15 is 0 Å². The number of rotatable bonds is 4. The molecule has 1 unspecified atom stereocenters. The summed E-state index contributed by atoms with van der Waals surface area (Å²) in [6, 6.07) is 7.91. The molecule has 1 atom stereocenters. The second kappa shape index (κ2) is 7.23. The average molecular weight is 353 g/mol. The van der Waals surface area contributed by atoms with Crippen molar-refractivity contribution in [2.24, 2.45) is 0 Å². The molecule has 1 saturated heterocycles. The third-order valence-electron chi connectivity index (χ3n) is 3.89. The molecule has 122 valence electrons. The molecular weight excluding hydrogens is 335 g/mol. The predicted molar refractivity (Wildman–Crippen MR) is 92.1 cm³/mol. The maximum absolute atomic E-state index is 12.1. The number of nitrogens with zero attached hydrogens (tertiary/aromatic N) is 3. The van der Waals surface area contributed by atoms with E-state index < -0.39 is 0 Å². The van der Waals surface area contributed by atoms with Gasteiger partial charge < -0.3 is 10.2 Å². The van der Waals surface area contributed by atoms with Crippen molar-refractivity contribution in [3.63, 3.8) is 0 Å². The van der Waals surface area contributed by atoms with Crippen molar-refractivity contribution in [3.8, 4) is 0 Å². The summed E-state index contributed by atoms with van der Waals surface area (Å²) >= 11 is 12.1. The lowest BCUT2D eigenvalue weighted by atomic mass is 10.0. The Morgan fingerprint density at radius 2 is 2.17 bits per heavy atom. The highest BCUT2D eigenvalue weighted by Gasteiger charge is 2.22. The van der Waals surface area contributed by atoms with Crippen LogP contribution < -0.4 is 10.2 Å². The number of hydrogen-bond donors (Lipinski definition) is 1. The van der Waals surface area contributed by atoms with Crippen LogP contribution in [-0.4, -0.2) is 34.8 Å². The number of para-hydroxylation sites is 1. The van der Waals surface area contributed by atoms with Gasteiger partial charge in [-0.1, -0.05) is 35.3 Å². The third-order valence-corrected chi connectivity index (χ3v) is 4.40. The van der Waals surface area contributed by atoms with Crippen molar-refractivity contribution >= 4 is 34.8 Å². The molecule has 1 fully saturated rings. The minimum atomic E-state index is -0.0595. The van der Waals surface area contributed by atoms with Crippen LogP contribution in [0.5, 0.6) is 0 Å². The number of hydrogen-bond acceptors (Lipinski definition) is 3. The van der Waals surface area contributed by atoms with E-state index in [0.717, 1.165) is 36.6 Å². The Morgan fingerprint density at radius 3 is 2.91 bits per heavy atom. The Kier molecular flexibility index (Phi) is 5.08. The van der Waals surface area contributed by atoms with Crippen LogP contribution in [0.1, 0.15) is 12.8 Å². The second-order valence-corrected chi connectivity index (χ2v) is 6.50. The fourth-order valence-electron chi connectivity index (χ4n) is 2.87. The van der Waals surface area contributed by atoms with E-state index in [-0.39, 0.29) is 18.5 Å². The Bertz CT molecular complexity index is 688. The number of anilines is 1. The van der Waals surface area contributed by atoms with E-state index in [1.54, 1.807) is 6.20 Å². The first-order valence-corrected chi connectivity index (χ1v) is 8.34. The number of carbonyl (C=O) groups excluding carboxylic acids is 1. The number of carbonyl (C=O) groups is 1. The minimum Gasteiger partial charge on any atom is -0.368 e. The lowest BCUT2D eigenvalue weighted by molar-refractivity contribution is -0.122. The molecule has 0 bridgehead atoms. The summed E-state index contributed by atoms with van der Waals surface area (Å²) in [5.41, 5.74) is 1.02. The molecule has 23 heavy (non-hydrogen) atoms. The van der Waals surface area contributed by atoms with Crippen molar-refractivity contribution in [2.45, 2.75) is 25.4 Å². The van der Waals surface area contributed by atoms with E-state index in [1.165, 1.54) is 10.9 Å². The summed E-state index contributed by atoms with van der Waals surface area (Å²) in [5, 5.41) is 8.36. The zero-order valence-electron chi connectivity index (χ0n) is 12.6. The molecule has 7 heteroatoms. The van der Waals surface area contributed by atoms with Crippen LogP contribution in [-0.2, 0) is 11.3 Å². The first-order chi connectivity index (χ1) is 11.1. The zero-order valence-corrected chi connectivity index (χ0v) is 14.1. The largest absolute Gasteiger partial charge is 0.368 e. The lowest BCUT2D eigenvalue weighted by Gasteiger charge is -2.35. The molecule has 2 heterocycles. The highest BCUT2D eigenvalue weighted by atomic mass is 35.5. The molecule has 3 rings (SSSR count). The van der Waals surface area contributed by atoms with Gasteiger partial charge in [-0.25, -0.2) is 0 Å². The minimum absolute atomic E-state index is 0.0595. The van der Waals surface area contributed by atoms with Crippen molar-refractivity contribution in [1.82, 2.24) is 15.1 Å². The number of nitrogens with one attached hydrogen (secondary N) is 1. The Balaban J connectivity index is 1.58. The van der Waals surface area contributed by atoms with Gasteiger partial charge in [0, 0.05) is 25.3 Å². The van der Waals surface area contributed by atoms with Gasteiger partial charge in [-0.05, 0) is 25.0 Å². The fourth-order valence-corrected chi connectivity index (χ4v) is 3.28. The number of piperidine rings is 1. The van der Waals surface area contributed by atoms with Crippen LogP contribution in [0.2, 0.25) is 10.0 Å². The molecular formula is C16H18Cl2N4O. The molecule has 1 N–H and O–H groups in total. The van der Waals surface area contributed by atoms with E-state index in [4.69, 9.17) is 23.2 Å². The normalized spacial score (nSPS) is 18.0. The molecule has 2 aromatic rings. The average Bonchev–Trinajstić information content (AvgIpc) is 2.93. The summed E-state index contributed by atoms with van der Waals surface area (Å²) in [4.78, 5) is 14.4. The van der Waals surface area contributed by atoms with Crippen molar-refractivity contribution < 1.29 is 4.79 Å². The Labute approximate surface area is 145 Å². The SMILES string of the molecule is O=C(Cn1cc(Cl)cn1)NC1CCCN(c2ccccc2Cl)C1. The summed E-state index contributed by atoms with van der Waals surface area (Å²) in [5.74, 6) is -0.0595. The highest BCUT2D eigenvalue weighted by Crippen LogP contribution is 2.27. The molecule has 5 nitrogen and oxygen atoms in total. The van der Waals surface area contributed by atoms with Gasteiger partial charge in [0.25, 0.3) is 0 Å². The lowest BCUT2D eigenvalue weighted by Crippen LogP contribution is -2.48. The van der Waals surface area contributed by atoms with Gasteiger partial charge in [-0.3, -0.25) is 9.48 Å². The number of aromatic nitrogens is 2. The first-order valence-electron chi connectivity index (χ1n) is 7.58. The molecule has 1 amide bonds. The van der Waals surface area contributed by atoms with Gasteiger partial charge in [0.15, 0.2) is 0 Å². The maximum Gasteiger partial charge on any atom is 0.242 e. The zero-order chi connectivity index (χ0) is 16.2. The van der Waals surface area contributed by atoms with Crippen LogP contribution in [0.4, 0.5) is 5.69 Å². The molecule has 1 aromatic carbocycles. The Hall–Kier alpha value is -1.72. The van der Waals surface area contributed by atoms with Gasteiger partial charge in [0.1, 0.15) is 6.54 Å². The molecule has 1 aromatic heterocycles. The van der Waals surface area contributed by atoms with Gasteiger partial charge in [-0.2, -0.15) is 5.10 Å². The van der Waals surface area contributed by atoms with Crippen molar-refractivity contribution in [2.75, 3.05) is 18.0 Å². The van der Waals surface area contributed by atoms with Crippen LogP contribution in [0, 0.1) is 0 Å². The van der Waals surface area contributed by atoms with E-state index in [9.17, 15) is 4.79 Å². The summed E-state index contributed by atoms with van der Waals surface area (Å²) < 4.78 is 1.53. The fraction of sp³-hybridized carbons (Fsp3) is 0.375. The van der Waals surface area contributed by atoms with Gasteiger partial charge in [0.2, 0.25) is 5.91 Å². The van der Waals surface area contributed by atoms with Crippen molar-refractivity contribution in [1.29, 1.82) is 0 Å². The van der Waals surface area contributed by atoms with E-state index in [2.05, 4.69) is 15.3 Å². The number of halogens is 2. The van der Waals surface area contributed by atoms with E-state index in [0.29, 0.717) is 5.02 Å². The molecule has 1 aliphatic rings. The topological polar surface area (TPSA) is 50.2 Å². The molecule has 1 aliphatic heterocycles. The molecule has 0 radical (unpaired) electrons. The molecule has 0 spiro atoms. The summed E-state index contributed by atoms with van der Waals surface area (Å²) in [6.07, 6.45) is 5.14.